The van der Waals surface area contributed by atoms with Gasteiger partial charge in [-0.15, -0.1) is 0 Å². The van der Waals surface area contributed by atoms with Crippen LogP contribution in [0, 0.1) is 0 Å². The Kier molecular flexibility index (Phi) is 5.49. The van der Waals surface area contributed by atoms with Crippen LogP contribution in [0.3, 0.4) is 0 Å². The zero-order chi connectivity index (χ0) is 12.7. The third kappa shape index (κ3) is 4.44. The van der Waals surface area contributed by atoms with Gasteiger partial charge in [0.25, 0.3) is 0 Å². The average Bonchev–Trinajstić information content (AvgIpc) is 2.34. The molecule has 94 valence electrons. The van der Waals surface area contributed by atoms with Crippen molar-refractivity contribution in [1.82, 2.24) is 0 Å². The third-order valence-corrected chi connectivity index (χ3v) is 2.79. The van der Waals surface area contributed by atoms with E-state index in [1.165, 1.54) is 0 Å². The summed E-state index contributed by atoms with van der Waals surface area (Å²) in [5, 5.41) is 8.60. The number of nitrogens with two attached hydrogens (primary N) is 1. The van der Waals surface area contributed by atoms with Gasteiger partial charge < -0.3 is 15.6 Å². The lowest BCUT2D eigenvalue weighted by Gasteiger charge is -2.15. The minimum absolute atomic E-state index is 0.195. The molecule has 0 amide bonds. The van der Waals surface area contributed by atoms with E-state index in [9.17, 15) is 4.79 Å². The lowest BCUT2D eigenvalue weighted by atomic mass is 9.93. The molecule has 0 fully saturated rings. The van der Waals surface area contributed by atoms with Crippen molar-refractivity contribution >= 4 is 5.97 Å². The number of rotatable bonds is 7. The van der Waals surface area contributed by atoms with E-state index in [1.807, 2.05) is 24.3 Å². The van der Waals surface area contributed by atoms with Crippen LogP contribution in [-0.2, 0) is 4.79 Å². The quantitative estimate of drug-likeness (QED) is 0.760. The molecule has 0 aliphatic rings. The van der Waals surface area contributed by atoms with E-state index in [2.05, 4.69) is 0 Å². The fourth-order valence-electron chi connectivity index (χ4n) is 1.82. The predicted octanol–water partition coefficient (Wildman–Crippen LogP) is 1.99. The van der Waals surface area contributed by atoms with Gasteiger partial charge in [-0.25, -0.2) is 0 Å². The number of ether oxygens (including phenoxy) is 1. The lowest BCUT2D eigenvalue weighted by molar-refractivity contribution is -0.137. The molecule has 4 heteroatoms. The molecule has 1 atom stereocenters. The van der Waals surface area contributed by atoms with Crippen LogP contribution in [0.5, 0.6) is 5.75 Å². The molecule has 0 spiro atoms. The van der Waals surface area contributed by atoms with Crippen LogP contribution >= 0.6 is 0 Å². The fraction of sp³-hybridized carbons (Fsp3) is 0.462. The summed E-state index contributed by atoms with van der Waals surface area (Å²) in [4.78, 5) is 10.5. The molecule has 1 aromatic carbocycles. The van der Waals surface area contributed by atoms with Crippen LogP contribution in [0.2, 0.25) is 0 Å². The Morgan fingerprint density at radius 1 is 1.53 bits per heavy atom. The van der Waals surface area contributed by atoms with Crippen molar-refractivity contribution in [3.63, 3.8) is 0 Å². The standard InChI is InChI=1S/C13H19NO3/c1-17-12-6-2-4-10(8-12)11(9-14)5-3-7-13(15)16/h2,4,6,8,11H,3,5,7,9,14H2,1H3,(H,15,16). The van der Waals surface area contributed by atoms with Gasteiger partial charge in [0.05, 0.1) is 7.11 Å². The van der Waals surface area contributed by atoms with Crippen molar-refractivity contribution in [3.05, 3.63) is 29.8 Å². The van der Waals surface area contributed by atoms with Gasteiger partial charge in [-0.05, 0) is 43.0 Å². The second-order valence-electron chi connectivity index (χ2n) is 4.00. The van der Waals surface area contributed by atoms with E-state index in [0.717, 1.165) is 17.7 Å². The number of hydrogen-bond donors (Lipinski definition) is 2. The first-order valence-corrected chi connectivity index (χ1v) is 5.73. The minimum atomic E-state index is -0.758. The van der Waals surface area contributed by atoms with Crippen LogP contribution in [0.15, 0.2) is 24.3 Å². The molecule has 3 N–H and O–H groups in total. The molecular weight excluding hydrogens is 218 g/mol. The maximum absolute atomic E-state index is 10.5. The number of methoxy groups -OCH3 is 1. The van der Waals surface area contributed by atoms with E-state index in [0.29, 0.717) is 13.0 Å². The highest BCUT2D eigenvalue weighted by Crippen LogP contribution is 2.24. The van der Waals surface area contributed by atoms with Crippen molar-refractivity contribution in [1.29, 1.82) is 0 Å². The zero-order valence-electron chi connectivity index (χ0n) is 10.1. The van der Waals surface area contributed by atoms with Crippen LogP contribution in [0.25, 0.3) is 0 Å². The molecule has 0 aliphatic carbocycles. The summed E-state index contributed by atoms with van der Waals surface area (Å²) < 4.78 is 5.16. The van der Waals surface area contributed by atoms with Gasteiger partial charge in [-0.2, -0.15) is 0 Å². The van der Waals surface area contributed by atoms with E-state index < -0.39 is 5.97 Å². The summed E-state index contributed by atoms with van der Waals surface area (Å²) in [6, 6.07) is 7.77. The van der Waals surface area contributed by atoms with Crippen LogP contribution in [0.4, 0.5) is 0 Å². The largest absolute Gasteiger partial charge is 0.497 e. The topological polar surface area (TPSA) is 72.5 Å². The molecule has 1 unspecified atom stereocenters. The van der Waals surface area contributed by atoms with Gasteiger partial charge in [-0.1, -0.05) is 12.1 Å². The first kappa shape index (κ1) is 13.5. The highest BCUT2D eigenvalue weighted by Gasteiger charge is 2.11. The van der Waals surface area contributed by atoms with Crippen LogP contribution in [-0.4, -0.2) is 24.7 Å². The summed E-state index contributed by atoms with van der Waals surface area (Å²) in [5.41, 5.74) is 6.83. The fourth-order valence-corrected chi connectivity index (χ4v) is 1.82. The first-order valence-electron chi connectivity index (χ1n) is 5.73. The third-order valence-electron chi connectivity index (χ3n) is 2.79. The van der Waals surface area contributed by atoms with Crippen molar-refractivity contribution in [3.8, 4) is 5.75 Å². The Balaban J connectivity index is 2.62. The number of carboxylic acids is 1. The summed E-state index contributed by atoms with van der Waals surface area (Å²) in [6.45, 7) is 0.521. The summed E-state index contributed by atoms with van der Waals surface area (Å²) in [5.74, 6) is 0.245. The molecule has 0 saturated carbocycles. The normalized spacial score (nSPS) is 12.1. The SMILES string of the molecule is COc1cccc(C(CN)CCCC(=O)O)c1. The average molecular weight is 237 g/mol. The second-order valence-corrected chi connectivity index (χ2v) is 4.00. The lowest BCUT2D eigenvalue weighted by Crippen LogP contribution is -2.13. The molecule has 1 aromatic rings. The smallest absolute Gasteiger partial charge is 0.303 e. The molecule has 0 radical (unpaired) electrons. The van der Waals surface area contributed by atoms with E-state index in [-0.39, 0.29) is 12.3 Å². The first-order chi connectivity index (χ1) is 8.17. The van der Waals surface area contributed by atoms with Gasteiger partial charge in [0, 0.05) is 6.42 Å². The van der Waals surface area contributed by atoms with Gasteiger partial charge in [0.2, 0.25) is 0 Å². The highest BCUT2D eigenvalue weighted by molar-refractivity contribution is 5.66. The molecular formula is C13H19NO3. The Labute approximate surface area is 101 Å². The van der Waals surface area contributed by atoms with Crippen molar-refractivity contribution in [2.24, 2.45) is 5.73 Å². The number of hydrogen-bond acceptors (Lipinski definition) is 3. The maximum atomic E-state index is 10.5. The summed E-state index contributed by atoms with van der Waals surface area (Å²) >= 11 is 0. The second kappa shape index (κ2) is 6.91. The maximum Gasteiger partial charge on any atom is 0.303 e. The molecule has 0 bridgehead atoms. The van der Waals surface area contributed by atoms with E-state index in [4.69, 9.17) is 15.6 Å². The summed E-state index contributed by atoms with van der Waals surface area (Å²) in [7, 11) is 1.63. The van der Waals surface area contributed by atoms with Gasteiger partial charge in [0.1, 0.15) is 5.75 Å². The van der Waals surface area contributed by atoms with Crippen molar-refractivity contribution in [2.75, 3.05) is 13.7 Å². The Morgan fingerprint density at radius 2 is 2.29 bits per heavy atom. The monoisotopic (exact) mass is 237 g/mol. The molecule has 17 heavy (non-hydrogen) atoms. The van der Waals surface area contributed by atoms with Gasteiger partial charge in [-0.3, -0.25) is 4.79 Å². The molecule has 0 heterocycles. The van der Waals surface area contributed by atoms with Gasteiger partial charge >= 0.3 is 5.97 Å². The number of carbonyl (C=O) groups is 1. The number of carboxylic acid groups (broad SMARTS) is 1. The van der Waals surface area contributed by atoms with Crippen LogP contribution < -0.4 is 10.5 Å². The van der Waals surface area contributed by atoms with Crippen LogP contribution in [0.1, 0.15) is 30.7 Å². The Hall–Kier alpha value is -1.55. The summed E-state index contributed by atoms with van der Waals surface area (Å²) in [6.07, 6.45) is 1.63. The number of aliphatic carboxylic acids is 1. The molecule has 0 aromatic heterocycles. The molecule has 4 nitrogen and oxygen atoms in total. The van der Waals surface area contributed by atoms with E-state index in [1.54, 1.807) is 7.11 Å². The Morgan fingerprint density at radius 3 is 2.88 bits per heavy atom. The van der Waals surface area contributed by atoms with Gasteiger partial charge in [0.15, 0.2) is 0 Å². The molecule has 0 aliphatic heterocycles. The number of benzene rings is 1. The zero-order valence-corrected chi connectivity index (χ0v) is 10.1. The molecule has 1 rings (SSSR count). The minimum Gasteiger partial charge on any atom is -0.497 e. The molecule has 0 saturated heterocycles. The highest BCUT2D eigenvalue weighted by atomic mass is 16.5. The Bertz CT molecular complexity index is 365. The van der Waals surface area contributed by atoms with Crippen molar-refractivity contribution < 1.29 is 14.6 Å². The van der Waals surface area contributed by atoms with Crippen molar-refractivity contribution in [2.45, 2.75) is 25.2 Å². The van der Waals surface area contributed by atoms with E-state index >= 15 is 0 Å². The predicted molar refractivity (Wildman–Crippen MR) is 66.3 cm³/mol.